The molecule has 2 aromatic rings. The second-order valence-corrected chi connectivity index (χ2v) is 11.4. The average Bonchev–Trinajstić information content (AvgIpc) is 3.27. The molecule has 1 amide bonds. The van der Waals surface area contributed by atoms with Crippen molar-refractivity contribution in [3.63, 3.8) is 0 Å². The van der Waals surface area contributed by atoms with Crippen molar-refractivity contribution in [1.29, 1.82) is 0 Å². The van der Waals surface area contributed by atoms with Crippen LogP contribution in [0.25, 0.3) is 0 Å². The number of amidine groups is 1. The molecule has 0 aliphatic carbocycles. The van der Waals surface area contributed by atoms with Crippen LogP contribution in [0.1, 0.15) is 11.1 Å². The van der Waals surface area contributed by atoms with Gasteiger partial charge in [-0.3, -0.25) is 9.79 Å². The van der Waals surface area contributed by atoms with Crippen LogP contribution < -0.4 is 20.1 Å². The zero-order chi connectivity index (χ0) is 23.4. The summed E-state index contributed by atoms with van der Waals surface area (Å²) < 4.78 is 34.0. The van der Waals surface area contributed by atoms with E-state index in [1.807, 2.05) is 42.5 Å². The van der Waals surface area contributed by atoms with E-state index in [4.69, 9.17) is 9.47 Å². The molecule has 2 N–H and O–H groups in total. The van der Waals surface area contributed by atoms with Gasteiger partial charge in [-0.15, -0.1) is 0 Å². The van der Waals surface area contributed by atoms with Gasteiger partial charge in [0, 0.05) is 23.5 Å². The lowest BCUT2D eigenvalue weighted by Crippen LogP contribution is -2.27. The zero-order valence-electron chi connectivity index (χ0n) is 18.5. The maximum absolute atomic E-state index is 12.3. The van der Waals surface area contributed by atoms with Crippen molar-refractivity contribution < 1.29 is 22.7 Å². The predicted octanol–water partition coefficient (Wildman–Crippen LogP) is 2.29. The minimum Gasteiger partial charge on any atom is -0.497 e. The molecule has 1 fully saturated rings. The molecule has 0 bridgehead atoms. The Morgan fingerprint density at radius 1 is 1.12 bits per heavy atom. The fourth-order valence-corrected chi connectivity index (χ4v) is 7.56. The van der Waals surface area contributed by atoms with Gasteiger partial charge < -0.3 is 20.1 Å². The molecular formula is C23H27N3O5S2. The zero-order valence-corrected chi connectivity index (χ0v) is 20.2. The monoisotopic (exact) mass is 489 g/mol. The van der Waals surface area contributed by atoms with E-state index in [1.165, 1.54) is 11.8 Å². The van der Waals surface area contributed by atoms with Gasteiger partial charge >= 0.3 is 0 Å². The summed E-state index contributed by atoms with van der Waals surface area (Å²) in [5.74, 6) is 1.74. The van der Waals surface area contributed by atoms with Crippen LogP contribution in [-0.4, -0.2) is 63.1 Å². The van der Waals surface area contributed by atoms with Crippen molar-refractivity contribution in [2.45, 2.75) is 24.1 Å². The number of carbonyl (C=O) groups is 1. The van der Waals surface area contributed by atoms with Gasteiger partial charge in [0.05, 0.1) is 38.2 Å². The molecule has 0 spiro atoms. The van der Waals surface area contributed by atoms with E-state index in [0.717, 1.165) is 33.5 Å². The Bertz CT molecular complexity index is 1150. The lowest BCUT2D eigenvalue weighted by Gasteiger charge is -2.11. The van der Waals surface area contributed by atoms with Crippen molar-refractivity contribution in [3.8, 4) is 11.5 Å². The highest BCUT2D eigenvalue weighted by Gasteiger charge is 2.42. The number of fused-ring (bicyclic) bond motifs is 1. The summed E-state index contributed by atoms with van der Waals surface area (Å²) in [5, 5.41) is 6.96. The summed E-state index contributed by atoms with van der Waals surface area (Å²) in [5.41, 5.74) is 2.77. The summed E-state index contributed by atoms with van der Waals surface area (Å²) in [6, 6.07) is 13.1. The number of nitrogens with zero attached hydrogens (tertiary/aromatic N) is 1. The quantitative estimate of drug-likeness (QED) is 0.586. The molecule has 1 saturated heterocycles. The summed E-state index contributed by atoms with van der Waals surface area (Å²) in [7, 11) is 0.271. The Kier molecular flexibility index (Phi) is 7.14. The molecule has 176 valence electrons. The number of carbonyl (C=O) groups excluding carboxylic acids is 1. The van der Waals surface area contributed by atoms with Gasteiger partial charge in [0.1, 0.15) is 11.5 Å². The molecule has 0 radical (unpaired) electrons. The molecular weight excluding hydrogens is 462 g/mol. The number of hydrogen-bond acceptors (Lipinski definition) is 8. The molecule has 2 aromatic carbocycles. The van der Waals surface area contributed by atoms with E-state index in [1.54, 1.807) is 14.2 Å². The number of ether oxygens (including phenoxy) is 2. The molecule has 4 rings (SSSR count). The van der Waals surface area contributed by atoms with E-state index in [0.29, 0.717) is 13.0 Å². The van der Waals surface area contributed by atoms with Gasteiger partial charge in [-0.2, -0.15) is 0 Å². The van der Waals surface area contributed by atoms with Gasteiger partial charge in [-0.25, -0.2) is 8.42 Å². The molecule has 8 nitrogen and oxygen atoms in total. The maximum Gasteiger partial charge on any atom is 0.224 e. The molecule has 2 heterocycles. The Balaban J connectivity index is 1.23. The topological polar surface area (TPSA) is 106 Å². The Hall–Kier alpha value is -2.72. The number of rotatable bonds is 8. The first-order valence-corrected chi connectivity index (χ1v) is 13.3. The SMILES string of the molecule is COc1ccc(CCNC(=O)Cc2ccc(NC3=N[C@H]4CS(=O)(=O)C[C@@H]4S3)cc2)c(OC)c1. The third-order valence-corrected chi connectivity index (χ3v) is 8.74. The number of hydrogen-bond donors (Lipinski definition) is 2. The Morgan fingerprint density at radius 2 is 1.91 bits per heavy atom. The first kappa shape index (κ1) is 23.4. The van der Waals surface area contributed by atoms with E-state index in [9.17, 15) is 13.2 Å². The molecule has 0 saturated carbocycles. The number of anilines is 1. The second kappa shape index (κ2) is 10.0. The Labute approximate surface area is 198 Å². The summed E-state index contributed by atoms with van der Waals surface area (Å²) in [6.45, 7) is 0.510. The van der Waals surface area contributed by atoms with Gasteiger partial charge in [0.25, 0.3) is 0 Å². The number of methoxy groups -OCH3 is 2. The van der Waals surface area contributed by atoms with E-state index in [2.05, 4.69) is 15.6 Å². The first-order chi connectivity index (χ1) is 15.8. The predicted molar refractivity (Wildman–Crippen MR) is 131 cm³/mol. The van der Waals surface area contributed by atoms with Gasteiger partial charge in [-0.1, -0.05) is 30.0 Å². The summed E-state index contributed by atoms with van der Waals surface area (Å²) in [4.78, 5) is 16.8. The first-order valence-electron chi connectivity index (χ1n) is 10.6. The number of thioether (sulfide) groups is 1. The molecule has 0 aromatic heterocycles. The van der Waals surface area contributed by atoms with E-state index < -0.39 is 9.84 Å². The van der Waals surface area contributed by atoms with Crippen LogP contribution >= 0.6 is 11.8 Å². The van der Waals surface area contributed by atoms with E-state index in [-0.39, 0.29) is 35.1 Å². The minimum atomic E-state index is -2.95. The molecule has 0 unspecified atom stereocenters. The highest BCUT2D eigenvalue weighted by molar-refractivity contribution is 8.15. The normalized spacial score (nSPS) is 20.6. The molecule has 33 heavy (non-hydrogen) atoms. The largest absolute Gasteiger partial charge is 0.497 e. The highest BCUT2D eigenvalue weighted by atomic mass is 32.2. The summed E-state index contributed by atoms with van der Waals surface area (Å²) in [6.07, 6.45) is 0.947. The van der Waals surface area contributed by atoms with Crippen LogP contribution in [0.4, 0.5) is 5.69 Å². The second-order valence-electron chi connectivity index (χ2n) is 8.01. The smallest absolute Gasteiger partial charge is 0.224 e. The maximum atomic E-state index is 12.3. The Morgan fingerprint density at radius 3 is 2.61 bits per heavy atom. The molecule has 10 heteroatoms. The van der Waals surface area contributed by atoms with Crippen LogP contribution in [0.2, 0.25) is 0 Å². The standard InChI is InChI=1S/C23H27N3O5S2/c1-30-18-8-5-16(20(12-18)31-2)9-10-24-22(27)11-15-3-6-17(7-4-15)25-23-26-19-13-33(28,29)14-21(19)32-23/h3-8,12,19,21H,9-11,13-14H2,1-2H3,(H,24,27)(H,25,26)/t19-,21-/m0/s1. The van der Waals surface area contributed by atoms with Crippen LogP contribution in [-0.2, 0) is 27.5 Å². The van der Waals surface area contributed by atoms with Crippen LogP contribution in [0.15, 0.2) is 47.5 Å². The lowest BCUT2D eigenvalue weighted by atomic mass is 10.1. The fourth-order valence-electron chi connectivity index (χ4n) is 3.89. The number of aliphatic imine (C=N–C) groups is 1. The van der Waals surface area contributed by atoms with E-state index >= 15 is 0 Å². The third kappa shape index (κ3) is 6.00. The van der Waals surface area contributed by atoms with Crippen LogP contribution in [0.5, 0.6) is 11.5 Å². The third-order valence-electron chi connectivity index (χ3n) is 5.60. The molecule has 2 aliphatic heterocycles. The van der Waals surface area contributed by atoms with Crippen LogP contribution in [0, 0.1) is 0 Å². The number of benzene rings is 2. The van der Waals surface area contributed by atoms with Gasteiger partial charge in [0.15, 0.2) is 15.0 Å². The lowest BCUT2D eigenvalue weighted by molar-refractivity contribution is -0.120. The van der Waals surface area contributed by atoms with Crippen molar-refractivity contribution in [3.05, 3.63) is 53.6 Å². The fraction of sp³-hybridized carbons (Fsp3) is 0.391. The number of sulfone groups is 1. The minimum absolute atomic E-state index is 0.0124. The molecule has 2 aliphatic rings. The molecule has 2 atom stereocenters. The number of nitrogens with one attached hydrogen (secondary N) is 2. The van der Waals surface area contributed by atoms with Crippen molar-refractivity contribution in [2.75, 3.05) is 37.6 Å². The average molecular weight is 490 g/mol. The van der Waals surface area contributed by atoms with Crippen molar-refractivity contribution >= 4 is 38.4 Å². The van der Waals surface area contributed by atoms with Gasteiger partial charge in [0.2, 0.25) is 5.91 Å². The van der Waals surface area contributed by atoms with Gasteiger partial charge in [-0.05, 0) is 35.7 Å². The van der Waals surface area contributed by atoms with Crippen molar-refractivity contribution in [2.24, 2.45) is 4.99 Å². The summed E-state index contributed by atoms with van der Waals surface area (Å²) >= 11 is 1.48. The number of amides is 1. The highest BCUT2D eigenvalue weighted by Crippen LogP contribution is 2.34. The van der Waals surface area contributed by atoms with Crippen molar-refractivity contribution in [1.82, 2.24) is 5.32 Å². The van der Waals surface area contributed by atoms with Crippen LogP contribution in [0.3, 0.4) is 0 Å².